The van der Waals surface area contributed by atoms with Crippen molar-refractivity contribution in [2.75, 3.05) is 0 Å². The van der Waals surface area contributed by atoms with Crippen LogP contribution >= 0.6 is 23.2 Å². The molecule has 1 N–H and O–H groups in total. The molecule has 2 aromatic heterocycles. The Morgan fingerprint density at radius 1 is 1.00 bits per heavy atom. The molecule has 2 heterocycles. The maximum absolute atomic E-state index is 14.1. The zero-order valence-electron chi connectivity index (χ0n) is 15.2. The lowest BCUT2D eigenvalue weighted by molar-refractivity contribution is 0.0723. The molecule has 0 saturated carbocycles. The number of carbonyl (C=O) groups excluding carboxylic acids is 1. The standard InChI is InChI=1S/C22H16Cl2FN3O/c23-17-8-7-14(10-18(17)24)12-28(13-15-4-1-2-9-26-15)22(29)21-11-16-19(25)5-3-6-20(16)27-21/h1-11,27H,12-13H2. The van der Waals surface area contributed by atoms with E-state index in [2.05, 4.69) is 9.97 Å². The number of pyridine rings is 1. The Bertz CT molecular complexity index is 1180. The molecule has 0 bridgehead atoms. The lowest BCUT2D eigenvalue weighted by Crippen LogP contribution is -2.30. The van der Waals surface area contributed by atoms with Crippen LogP contribution in [0.1, 0.15) is 21.7 Å². The summed E-state index contributed by atoms with van der Waals surface area (Å²) in [5.41, 5.74) is 2.44. The van der Waals surface area contributed by atoms with Crippen molar-refractivity contribution in [1.82, 2.24) is 14.9 Å². The van der Waals surface area contributed by atoms with Crippen LogP contribution < -0.4 is 0 Å². The van der Waals surface area contributed by atoms with Gasteiger partial charge in [-0.2, -0.15) is 0 Å². The van der Waals surface area contributed by atoms with Crippen molar-refractivity contribution in [2.45, 2.75) is 13.1 Å². The summed E-state index contributed by atoms with van der Waals surface area (Å²) in [5.74, 6) is -0.643. The molecule has 4 aromatic rings. The Kier molecular flexibility index (Phi) is 5.51. The summed E-state index contributed by atoms with van der Waals surface area (Å²) in [5, 5.41) is 1.24. The molecule has 146 valence electrons. The van der Waals surface area contributed by atoms with Crippen molar-refractivity contribution in [2.24, 2.45) is 0 Å². The first-order valence-corrected chi connectivity index (χ1v) is 9.67. The molecule has 0 unspecified atom stereocenters. The fourth-order valence-electron chi connectivity index (χ4n) is 3.15. The van der Waals surface area contributed by atoms with Crippen LogP contribution in [-0.2, 0) is 13.1 Å². The van der Waals surface area contributed by atoms with Gasteiger partial charge >= 0.3 is 0 Å². The smallest absolute Gasteiger partial charge is 0.270 e. The molecule has 1 amide bonds. The molecule has 0 aliphatic carbocycles. The summed E-state index contributed by atoms with van der Waals surface area (Å²) in [7, 11) is 0. The monoisotopic (exact) mass is 427 g/mol. The van der Waals surface area contributed by atoms with Crippen molar-refractivity contribution in [3.05, 3.63) is 99.7 Å². The molecule has 4 nitrogen and oxygen atoms in total. The summed E-state index contributed by atoms with van der Waals surface area (Å²) in [6.45, 7) is 0.585. The molecule has 4 rings (SSSR count). The number of halogens is 3. The van der Waals surface area contributed by atoms with Gasteiger partial charge in [0.05, 0.1) is 22.3 Å². The minimum atomic E-state index is -0.376. The van der Waals surface area contributed by atoms with Gasteiger partial charge in [-0.1, -0.05) is 41.4 Å². The second kappa shape index (κ2) is 8.23. The van der Waals surface area contributed by atoms with E-state index in [0.717, 1.165) is 11.3 Å². The van der Waals surface area contributed by atoms with Crippen LogP contribution in [0.4, 0.5) is 4.39 Å². The zero-order chi connectivity index (χ0) is 20.4. The van der Waals surface area contributed by atoms with E-state index in [9.17, 15) is 9.18 Å². The van der Waals surface area contributed by atoms with Crippen molar-refractivity contribution in [3.8, 4) is 0 Å². The average molecular weight is 428 g/mol. The Labute approximate surface area is 176 Å². The number of H-pyrrole nitrogens is 1. The van der Waals surface area contributed by atoms with Gasteiger partial charge in [-0.15, -0.1) is 0 Å². The molecule has 0 saturated heterocycles. The number of aromatic nitrogens is 2. The highest BCUT2D eigenvalue weighted by Crippen LogP contribution is 2.25. The molecule has 0 atom stereocenters. The molecular formula is C22H16Cl2FN3O. The van der Waals surface area contributed by atoms with Crippen molar-refractivity contribution < 1.29 is 9.18 Å². The maximum atomic E-state index is 14.1. The van der Waals surface area contributed by atoms with Gasteiger partial charge in [-0.25, -0.2) is 4.39 Å². The van der Waals surface area contributed by atoms with E-state index in [4.69, 9.17) is 23.2 Å². The molecular weight excluding hydrogens is 412 g/mol. The van der Waals surface area contributed by atoms with E-state index in [-0.39, 0.29) is 18.3 Å². The highest BCUT2D eigenvalue weighted by Gasteiger charge is 2.20. The number of carbonyl (C=O) groups is 1. The predicted molar refractivity (Wildman–Crippen MR) is 113 cm³/mol. The lowest BCUT2D eigenvalue weighted by atomic mass is 10.2. The van der Waals surface area contributed by atoms with Gasteiger partial charge in [0.15, 0.2) is 0 Å². The van der Waals surface area contributed by atoms with Crippen LogP contribution in [0.25, 0.3) is 10.9 Å². The number of hydrogen-bond donors (Lipinski definition) is 1. The Balaban J connectivity index is 1.68. The predicted octanol–water partition coefficient (Wildman–Crippen LogP) is 5.85. The second-order valence-electron chi connectivity index (χ2n) is 6.61. The SMILES string of the molecule is O=C(c1cc2c(F)cccc2[nH]1)N(Cc1ccc(Cl)c(Cl)c1)Cc1ccccn1. The molecule has 0 fully saturated rings. The van der Waals surface area contributed by atoms with Gasteiger partial charge in [-0.3, -0.25) is 9.78 Å². The Morgan fingerprint density at radius 3 is 2.59 bits per heavy atom. The number of nitrogens with one attached hydrogen (secondary N) is 1. The number of benzene rings is 2. The molecule has 0 spiro atoms. The molecule has 0 aliphatic rings. The van der Waals surface area contributed by atoms with Gasteiger partial charge in [0.1, 0.15) is 11.5 Å². The van der Waals surface area contributed by atoms with E-state index in [0.29, 0.717) is 33.2 Å². The largest absolute Gasteiger partial charge is 0.350 e. The van der Waals surface area contributed by atoms with Gasteiger partial charge < -0.3 is 9.88 Å². The average Bonchev–Trinajstić information content (AvgIpc) is 3.16. The summed E-state index contributed by atoms with van der Waals surface area (Å²) >= 11 is 12.1. The van der Waals surface area contributed by atoms with E-state index in [1.54, 1.807) is 35.4 Å². The number of amides is 1. The normalized spacial score (nSPS) is 11.0. The first-order valence-electron chi connectivity index (χ1n) is 8.91. The van der Waals surface area contributed by atoms with Crippen molar-refractivity contribution >= 4 is 40.0 Å². The minimum absolute atomic E-state index is 0.266. The lowest BCUT2D eigenvalue weighted by Gasteiger charge is -2.22. The highest BCUT2D eigenvalue weighted by molar-refractivity contribution is 6.42. The number of nitrogens with zero attached hydrogens (tertiary/aromatic N) is 2. The quantitative estimate of drug-likeness (QED) is 0.434. The molecule has 0 aliphatic heterocycles. The molecule has 2 aromatic carbocycles. The fourth-order valence-corrected chi connectivity index (χ4v) is 3.47. The van der Waals surface area contributed by atoms with E-state index in [1.807, 2.05) is 24.3 Å². The fraction of sp³-hybridized carbons (Fsp3) is 0.0909. The van der Waals surface area contributed by atoms with Crippen LogP contribution in [0, 0.1) is 5.82 Å². The third kappa shape index (κ3) is 4.26. The molecule has 0 radical (unpaired) electrons. The van der Waals surface area contributed by atoms with Crippen LogP contribution in [0.3, 0.4) is 0 Å². The van der Waals surface area contributed by atoms with Gasteiger partial charge in [0.25, 0.3) is 5.91 Å². The number of rotatable bonds is 5. The van der Waals surface area contributed by atoms with E-state index >= 15 is 0 Å². The summed E-state index contributed by atoms with van der Waals surface area (Å²) in [6, 6.07) is 17.0. The first kappa shape index (κ1) is 19.4. The van der Waals surface area contributed by atoms with Gasteiger partial charge in [0.2, 0.25) is 0 Å². The highest BCUT2D eigenvalue weighted by atomic mass is 35.5. The second-order valence-corrected chi connectivity index (χ2v) is 7.43. The zero-order valence-corrected chi connectivity index (χ0v) is 16.7. The van der Waals surface area contributed by atoms with E-state index in [1.165, 1.54) is 12.1 Å². The Hall–Kier alpha value is -2.89. The summed E-state index contributed by atoms with van der Waals surface area (Å²) in [6.07, 6.45) is 1.68. The van der Waals surface area contributed by atoms with Crippen LogP contribution in [0.15, 0.2) is 66.9 Å². The summed E-state index contributed by atoms with van der Waals surface area (Å²) in [4.78, 5) is 22.2. The summed E-state index contributed by atoms with van der Waals surface area (Å²) < 4.78 is 14.1. The topological polar surface area (TPSA) is 49.0 Å². The molecule has 29 heavy (non-hydrogen) atoms. The first-order chi connectivity index (χ1) is 14.0. The van der Waals surface area contributed by atoms with Gasteiger partial charge in [-0.05, 0) is 48.0 Å². The maximum Gasteiger partial charge on any atom is 0.270 e. The third-order valence-electron chi connectivity index (χ3n) is 4.57. The van der Waals surface area contributed by atoms with E-state index < -0.39 is 0 Å². The van der Waals surface area contributed by atoms with Crippen molar-refractivity contribution in [1.29, 1.82) is 0 Å². The number of aromatic amines is 1. The van der Waals surface area contributed by atoms with Crippen LogP contribution in [0.2, 0.25) is 10.0 Å². The van der Waals surface area contributed by atoms with Gasteiger partial charge in [0, 0.05) is 23.6 Å². The number of fused-ring (bicyclic) bond motifs is 1. The third-order valence-corrected chi connectivity index (χ3v) is 5.30. The Morgan fingerprint density at radius 2 is 1.86 bits per heavy atom. The molecule has 7 heteroatoms. The van der Waals surface area contributed by atoms with Crippen molar-refractivity contribution in [3.63, 3.8) is 0 Å². The number of hydrogen-bond acceptors (Lipinski definition) is 2. The van der Waals surface area contributed by atoms with Crippen LogP contribution in [-0.4, -0.2) is 20.8 Å². The minimum Gasteiger partial charge on any atom is -0.350 e. The van der Waals surface area contributed by atoms with Crippen LogP contribution in [0.5, 0.6) is 0 Å².